The molecule has 0 aliphatic heterocycles. The van der Waals surface area contributed by atoms with E-state index in [-0.39, 0.29) is 23.2 Å². The molecule has 1 aromatic carbocycles. The molecule has 3 aromatic rings. The Kier molecular flexibility index (Phi) is 3.37. The Balaban J connectivity index is 1.82. The van der Waals surface area contributed by atoms with Gasteiger partial charge in [0.05, 0.1) is 5.56 Å². The maximum absolute atomic E-state index is 13.6. The molecule has 9 heteroatoms. The van der Waals surface area contributed by atoms with Gasteiger partial charge in [0.1, 0.15) is 17.3 Å². The summed E-state index contributed by atoms with van der Waals surface area (Å²) in [5.41, 5.74) is 0.225. The highest BCUT2D eigenvalue weighted by Gasteiger charge is 2.17. The first-order valence-corrected chi connectivity index (χ1v) is 6.13. The zero-order valence-electron chi connectivity index (χ0n) is 11.2. The van der Waals surface area contributed by atoms with E-state index >= 15 is 0 Å². The monoisotopic (exact) mass is 305 g/mol. The summed E-state index contributed by atoms with van der Waals surface area (Å²) in [5.74, 6) is -2.23. The highest BCUT2D eigenvalue weighted by Crippen LogP contribution is 2.23. The molecule has 0 unspecified atom stereocenters. The van der Waals surface area contributed by atoms with Crippen molar-refractivity contribution in [3.05, 3.63) is 47.8 Å². The zero-order chi connectivity index (χ0) is 15.7. The van der Waals surface area contributed by atoms with Gasteiger partial charge in [0.25, 0.3) is 11.8 Å². The number of amides is 1. The molecule has 0 fully saturated rings. The number of carbonyl (C=O) groups is 1. The number of halogens is 2. The Hall–Kier alpha value is -3.10. The summed E-state index contributed by atoms with van der Waals surface area (Å²) in [5, 5.41) is 13.4. The van der Waals surface area contributed by atoms with Crippen LogP contribution in [0.4, 0.5) is 14.8 Å². The van der Waals surface area contributed by atoms with Gasteiger partial charge >= 0.3 is 6.01 Å². The molecule has 3 rings (SSSR count). The summed E-state index contributed by atoms with van der Waals surface area (Å²) in [4.78, 5) is 11.9. The van der Waals surface area contributed by atoms with Gasteiger partial charge in [-0.15, -0.1) is 5.10 Å². The molecular formula is C13H9F2N5O2. The Bertz CT molecular complexity index is 843. The molecule has 0 saturated carbocycles. The lowest BCUT2D eigenvalue weighted by molar-refractivity contribution is 0.101. The topological polar surface area (TPSA) is 85.8 Å². The Labute approximate surface area is 122 Å². The van der Waals surface area contributed by atoms with Crippen LogP contribution in [0.5, 0.6) is 0 Å². The number of hydrogen-bond acceptors (Lipinski definition) is 5. The van der Waals surface area contributed by atoms with Crippen LogP contribution in [0.25, 0.3) is 11.5 Å². The maximum Gasteiger partial charge on any atom is 0.322 e. The summed E-state index contributed by atoms with van der Waals surface area (Å²) < 4.78 is 33.0. The van der Waals surface area contributed by atoms with E-state index in [0.717, 1.165) is 6.07 Å². The molecule has 1 amide bonds. The van der Waals surface area contributed by atoms with Crippen molar-refractivity contribution in [1.82, 2.24) is 20.0 Å². The first kappa shape index (κ1) is 13.9. The van der Waals surface area contributed by atoms with E-state index in [0.29, 0.717) is 6.07 Å². The van der Waals surface area contributed by atoms with Crippen molar-refractivity contribution in [2.45, 2.75) is 0 Å². The highest BCUT2D eigenvalue weighted by molar-refractivity contribution is 6.01. The highest BCUT2D eigenvalue weighted by atomic mass is 19.1. The summed E-state index contributed by atoms with van der Waals surface area (Å²) in [6.07, 6.45) is 1.46. The van der Waals surface area contributed by atoms with Gasteiger partial charge in [0.2, 0.25) is 0 Å². The molecular weight excluding hydrogens is 296 g/mol. The molecule has 0 aliphatic rings. The lowest BCUT2D eigenvalue weighted by atomic mass is 10.2. The molecule has 0 atom stereocenters. The van der Waals surface area contributed by atoms with Crippen LogP contribution in [0.3, 0.4) is 0 Å². The van der Waals surface area contributed by atoms with Gasteiger partial charge in [0, 0.05) is 19.3 Å². The van der Waals surface area contributed by atoms with Crippen molar-refractivity contribution in [2.24, 2.45) is 7.05 Å². The SMILES string of the molecule is Cn1nccc1C(=O)Nc1nnc(-c2ccc(F)cc2F)o1. The second kappa shape index (κ2) is 5.35. The van der Waals surface area contributed by atoms with E-state index in [4.69, 9.17) is 4.42 Å². The number of nitrogens with zero attached hydrogens (tertiary/aromatic N) is 4. The predicted octanol–water partition coefficient (Wildman–Crippen LogP) is 2.00. The lowest BCUT2D eigenvalue weighted by Gasteiger charge is -2.00. The van der Waals surface area contributed by atoms with Crippen molar-refractivity contribution >= 4 is 11.9 Å². The Morgan fingerprint density at radius 1 is 1.27 bits per heavy atom. The molecule has 0 bridgehead atoms. The molecule has 1 N–H and O–H groups in total. The van der Waals surface area contributed by atoms with Crippen LogP contribution in [-0.2, 0) is 7.05 Å². The molecule has 0 aliphatic carbocycles. The first-order chi connectivity index (χ1) is 10.5. The third-order valence-corrected chi connectivity index (χ3v) is 2.86. The minimum atomic E-state index is -0.840. The number of carbonyl (C=O) groups excluding carboxylic acids is 1. The molecule has 0 radical (unpaired) electrons. The second-order valence-corrected chi connectivity index (χ2v) is 4.33. The number of nitrogens with one attached hydrogen (secondary N) is 1. The van der Waals surface area contributed by atoms with E-state index in [9.17, 15) is 13.6 Å². The fourth-order valence-electron chi connectivity index (χ4n) is 1.80. The Morgan fingerprint density at radius 3 is 2.77 bits per heavy atom. The fourth-order valence-corrected chi connectivity index (χ4v) is 1.80. The quantitative estimate of drug-likeness (QED) is 0.800. The van der Waals surface area contributed by atoms with E-state index in [2.05, 4.69) is 20.6 Å². The van der Waals surface area contributed by atoms with Crippen LogP contribution >= 0.6 is 0 Å². The summed E-state index contributed by atoms with van der Waals surface area (Å²) in [7, 11) is 1.60. The number of anilines is 1. The average molecular weight is 305 g/mol. The molecule has 22 heavy (non-hydrogen) atoms. The third kappa shape index (κ3) is 2.55. The van der Waals surface area contributed by atoms with Gasteiger partial charge in [-0.05, 0) is 18.2 Å². The molecule has 112 valence electrons. The first-order valence-electron chi connectivity index (χ1n) is 6.13. The van der Waals surface area contributed by atoms with Crippen LogP contribution in [0.2, 0.25) is 0 Å². The molecule has 0 spiro atoms. The number of rotatable bonds is 3. The lowest BCUT2D eigenvalue weighted by Crippen LogP contribution is -2.16. The van der Waals surface area contributed by atoms with Gasteiger partial charge in [-0.1, -0.05) is 5.10 Å². The maximum atomic E-state index is 13.6. The van der Waals surface area contributed by atoms with Crippen molar-refractivity contribution in [2.75, 3.05) is 5.32 Å². The van der Waals surface area contributed by atoms with Gasteiger partial charge in [-0.2, -0.15) is 5.10 Å². The van der Waals surface area contributed by atoms with Crippen LogP contribution in [0.1, 0.15) is 10.5 Å². The largest absolute Gasteiger partial charge is 0.403 e. The van der Waals surface area contributed by atoms with Gasteiger partial charge in [-0.3, -0.25) is 14.8 Å². The molecule has 2 aromatic heterocycles. The number of benzene rings is 1. The minimum absolute atomic E-state index is 0.0602. The number of hydrogen-bond donors (Lipinski definition) is 1. The zero-order valence-corrected chi connectivity index (χ0v) is 11.2. The number of aryl methyl sites for hydroxylation is 1. The predicted molar refractivity (Wildman–Crippen MR) is 70.8 cm³/mol. The second-order valence-electron chi connectivity index (χ2n) is 4.33. The van der Waals surface area contributed by atoms with Crippen LogP contribution < -0.4 is 5.32 Å². The third-order valence-electron chi connectivity index (χ3n) is 2.86. The summed E-state index contributed by atoms with van der Waals surface area (Å²) >= 11 is 0. The van der Waals surface area contributed by atoms with Crippen LogP contribution in [0.15, 0.2) is 34.9 Å². The van der Waals surface area contributed by atoms with E-state index in [1.807, 2.05) is 0 Å². The van der Waals surface area contributed by atoms with E-state index in [1.165, 1.54) is 23.0 Å². The van der Waals surface area contributed by atoms with Gasteiger partial charge in [-0.25, -0.2) is 8.78 Å². The van der Waals surface area contributed by atoms with Crippen molar-refractivity contribution in [3.8, 4) is 11.5 Å². The van der Waals surface area contributed by atoms with E-state index in [1.54, 1.807) is 7.05 Å². The standard InChI is InChI=1S/C13H9F2N5O2/c1-20-10(4-5-16-20)11(21)17-13-19-18-12(22-13)8-3-2-7(14)6-9(8)15/h2-6H,1H3,(H,17,19,21). The molecule has 7 nitrogen and oxygen atoms in total. The van der Waals surface area contributed by atoms with Crippen molar-refractivity contribution < 1.29 is 18.0 Å². The van der Waals surface area contributed by atoms with Crippen LogP contribution in [0, 0.1) is 11.6 Å². The fraction of sp³-hybridized carbons (Fsp3) is 0.0769. The smallest absolute Gasteiger partial charge is 0.322 e. The van der Waals surface area contributed by atoms with Crippen molar-refractivity contribution in [1.29, 1.82) is 0 Å². The van der Waals surface area contributed by atoms with Gasteiger partial charge in [0.15, 0.2) is 0 Å². The average Bonchev–Trinajstić information content (AvgIpc) is 3.08. The van der Waals surface area contributed by atoms with Gasteiger partial charge < -0.3 is 4.42 Å². The van der Waals surface area contributed by atoms with E-state index < -0.39 is 17.5 Å². The van der Waals surface area contributed by atoms with Crippen molar-refractivity contribution in [3.63, 3.8) is 0 Å². The molecule has 2 heterocycles. The van der Waals surface area contributed by atoms with Crippen LogP contribution in [-0.4, -0.2) is 25.9 Å². The normalized spacial score (nSPS) is 10.7. The summed E-state index contributed by atoms with van der Waals surface area (Å²) in [6.45, 7) is 0. The minimum Gasteiger partial charge on any atom is -0.403 e. The summed E-state index contributed by atoms with van der Waals surface area (Å²) in [6, 6.07) is 4.24. The molecule has 0 saturated heterocycles. The number of aromatic nitrogens is 4. The Morgan fingerprint density at radius 2 is 2.09 bits per heavy atom.